The molecule has 5 atom stereocenters. The minimum absolute atomic E-state index is 0.00610. The maximum Gasteiger partial charge on any atom is 0.253 e. The van der Waals surface area contributed by atoms with E-state index in [4.69, 9.17) is 18.9 Å². The Morgan fingerprint density at radius 3 is 2.49 bits per heavy atom. The predicted molar refractivity (Wildman–Crippen MR) is 179 cm³/mol. The Kier molecular flexibility index (Phi) is 9.44. The average Bonchev–Trinajstić information content (AvgIpc) is 3.45. The van der Waals surface area contributed by atoms with Crippen molar-refractivity contribution >= 4 is 29.3 Å². The van der Waals surface area contributed by atoms with Crippen LogP contribution < -0.4 is 15.4 Å². The lowest BCUT2D eigenvalue weighted by molar-refractivity contribution is -0.146. The Morgan fingerprint density at radius 1 is 1.04 bits per heavy atom. The summed E-state index contributed by atoms with van der Waals surface area (Å²) < 4.78 is 23.3. The summed E-state index contributed by atoms with van der Waals surface area (Å²) in [5.41, 5.74) is -1.19. The Morgan fingerprint density at radius 2 is 1.80 bits per heavy atom. The molecule has 0 bridgehead atoms. The van der Waals surface area contributed by atoms with Gasteiger partial charge in [0.25, 0.3) is 11.8 Å². The van der Waals surface area contributed by atoms with Crippen LogP contribution in [-0.2, 0) is 35.0 Å². The zero-order chi connectivity index (χ0) is 36.0. The van der Waals surface area contributed by atoms with Gasteiger partial charge in [0.1, 0.15) is 23.5 Å². The summed E-state index contributed by atoms with van der Waals surface area (Å²) in [6, 6.07) is 4.59. The van der Waals surface area contributed by atoms with Gasteiger partial charge in [-0.15, -0.1) is 0 Å². The molecule has 51 heavy (non-hydrogen) atoms. The second-order valence-electron chi connectivity index (χ2n) is 14.0. The van der Waals surface area contributed by atoms with Crippen LogP contribution in [-0.4, -0.2) is 109 Å². The molecule has 0 radical (unpaired) electrons. The summed E-state index contributed by atoms with van der Waals surface area (Å²) >= 11 is 0. The molecule has 14 heteroatoms. The number of rotatable bonds is 9. The summed E-state index contributed by atoms with van der Waals surface area (Å²) in [6.45, 7) is 3.83. The Hall–Kier alpha value is -4.63. The quantitative estimate of drug-likeness (QED) is 0.187. The van der Waals surface area contributed by atoms with Crippen LogP contribution in [0, 0.1) is 5.41 Å². The number of aromatic hydroxyl groups is 2. The van der Waals surface area contributed by atoms with E-state index < -0.39 is 46.2 Å². The number of hydrogen-bond acceptors (Lipinski definition) is 12. The number of benzene rings is 2. The van der Waals surface area contributed by atoms with Crippen molar-refractivity contribution in [3.63, 3.8) is 0 Å². The number of fused-ring (bicyclic) bond motifs is 3. The molecule has 2 fully saturated rings. The van der Waals surface area contributed by atoms with E-state index in [9.17, 15) is 34.2 Å². The summed E-state index contributed by atoms with van der Waals surface area (Å²) in [7, 11) is 1.38. The monoisotopic (exact) mass is 703 g/mol. The van der Waals surface area contributed by atoms with Gasteiger partial charge in [0, 0.05) is 48.5 Å². The van der Waals surface area contributed by atoms with Crippen LogP contribution in [0.25, 0.3) is 0 Å². The Labute approximate surface area is 294 Å². The van der Waals surface area contributed by atoms with Crippen LogP contribution in [0.15, 0.2) is 30.4 Å². The molecule has 4 N–H and O–H groups in total. The minimum atomic E-state index is -1.15. The Balaban J connectivity index is 1.19. The van der Waals surface area contributed by atoms with Crippen LogP contribution in [0.5, 0.6) is 17.2 Å². The molecule has 3 aliphatic heterocycles. The van der Waals surface area contributed by atoms with Crippen molar-refractivity contribution in [3.05, 3.63) is 63.7 Å². The second kappa shape index (κ2) is 13.8. The first-order chi connectivity index (χ1) is 24.5. The molecule has 2 aromatic carbocycles. The number of imide groups is 1. The number of nitrogens with zero attached hydrogens (tertiary/aromatic N) is 1. The highest BCUT2D eigenvalue weighted by molar-refractivity contribution is 6.31. The second-order valence-corrected chi connectivity index (χ2v) is 14.0. The van der Waals surface area contributed by atoms with Crippen molar-refractivity contribution in [1.29, 1.82) is 0 Å². The van der Waals surface area contributed by atoms with E-state index in [0.717, 1.165) is 4.90 Å². The van der Waals surface area contributed by atoms with Crippen LogP contribution in [0.2, 0.25) is 0 Å². The highest BCUT2D eigenvalue weighted by atomic mass is 16.6. The van der Waals surface area contributed by atoms with Gasteiger partial charge in [-0.05, 0) is 44.1 Å². The fourth-order valence-corrected chi connectivity index (χ4v) is 8.12. The van der Waals surface area contributed by atoms with Gasteiger partial charge in [-0.1, -0.05) is 19.1 Å². The van der Waals surface area contributed by atoms with Crippen LogP contribution >= 0.6 is 0 Å². The van der Waals surface area contributed by atoms with Gasteiger partial charge in [-0.2, -0.15) is 0 Å². The topological polar surface area (TPSA) is 190 Å². The third-order valence-electron chi connectivity index (χ3n) is 10.6. The van der Waals surface area contributed by atoms with Crippen molar-refractivity contribution < 1.29 is 53.1 Å². The van der Waals surface area contributed by atoms with E-state index in [-0.39, 0.29) is 83.8 Å². The number of carbonyl (C=O) groups excluding carboxylic acids is 5. The lowest BCUT2D eigenvalue weighted by atomic mass is 9.64. The summed E-state index contributed by atoms with van der Waals surface area (Å²) in [4.78, 5) is 66.9. The molecular weight excluding hydrogens is 662 g/mol. The van der Waals surface area contributed by atoms with E-state index in [2.05, 4.69) is 10.6 Å². The smallest absolute Gasteiger partial charge is 0.253 e. The van der Waals surface area contributed by atoms with Gasteiger partial charge in [-0.3, -0.25) is 34.2 Å². The molecule has 0 aromatic heterocycles. The number of ketones is 2. The molecule has 270 valence electrons. The summed E-state index contributed by atoms with van der Waals surface area (Å²) in [5.74, 6) is -3.85. The van der Waals surface area contributed by atoms with Crippen LogP contribution in [0.3, 0.4) is 0 Å². The summed E-state index contributed by atoms with van der Waals surface area (Å²) in [5, 5.41) is 29.9. The first-order valence-corrected chi connectivity index (χ1v) is 17.3. The van der Waals surface area contributed by atoms with E-state index >= 15 is 0 Å². The average molecular weight is 704 g/mol. The largest absolute Gasteiger partial charge is 0.507 e. The maximum atomic E-state index is 14.0. The number of ether oxygens (including phenoxy) is 4. The lowest BCUT2D eigenvalue weighted by Crippen LogP contribution is -2.47. The number of carbonyl (C=O) groups is 5. The standard InChI is InChI=1S/C37H41N3O11/c1-37(36(47)39-10-12-40-26(41)8-9-27(40)42)15-19(14-20-6-7-21(17-50-20)51-25-18-49-13-11-38-25)28-23(16-37)33(44)30-31(34(28)45)35(46)29-22(32(30)43)4-3-5-24(29)48-2/h3-5,8-9,19-21,25,38,44-45H,6-7,10-18H2,1-2H3,(H,39,47). The SMILES string of the molecule is COc1cccc2c1C(=O)c1c(O)c3c(c(O)c1C2=O)CC(C)(C(=O)NCCN1C(=O)C=CC1=O)CC3CC1CCC(OC2COCCN2)CO1. The third kappa shape index (κ3) is 6.30. The third-order valence-corrected chi connectivity index (χ3v) is 10.6. The molecule has 14 nitrogen and oxygen atoms in total. The molecule has 0 spiro atoms. The molecule has 3 heterocycles. The molecule has 2 saturated heterocycles. The zero-order valence-electron chi connectivity index (χ0n) is 28.5. The Bertz CT molecular complexity index is 1810. The van der Waals surface area contributed by atoms with Crippen molar-refractivity contribution in [3.8, 4) is 17.2 Å². The van der Waals surface area contributed by atoms with E-state index in [0.29, 0.717) is 51.2 Å². The van der Waals surface area contributed by atoms with E-state index in [1.165, 1.54) is 25.3 Å². The van der Waals surface area contributed by atoms with Crippen molar-refractivity contribution in [2.45, 2.75) is 63.4 Å². The number of morpholine rings is 1. The predicted octanol–water partition coefficient (Wildman–Crippen LogP) is 1.86. The van der Waals surface area contributed by atoms with Crippen molar-refractivity contribution in [2.75, 3.05) is 46.6 Å². The minimum Gasteiger partial charge on any atom is -0.507 e. The normalized spacial score (nSPS) is 27.2. The van der Waals surface area contributed by atoms with Gasteiger partial charge < -0.3 is 34.5 Å². The first kappa shape index (κ1) is 34.8. The van der Waals surface area contributed by atoms with E-state index in [1.807, 2.05) is 0 Å². The lowest BCUT2D eigenvalue weighted by Gasteiger charge is -2.42. The molecule has 5 aliphatic rings. The van der Waals surface area contributed by atoms with Gasteiger partial charge >= 0.3 is 0 Å². The van der Waals surface area contributed by atoms with Crippen LogP contribution in [0.4, 0.5) is 0 Å². The number of phenolic OH excluding ortho intramolecular Hbond substituents is 2. The fraction of sp³-hybridized carbons (Fsp3) is 0.486. The van der Waals surface area contributed by atoms with Gasteiger partial charge in [-0.25, -0.2) is 0 Å². The maximum absolute atomic E-state index is 14.0. The number of methoxy groups -OCH3 is 1. The molecule has 2 aliphatic carbocycles. The highest BCUT2D eigenvalue weighted by Gasteiger charge is 2.48. The van der Waals surface area contributed by atoms with Crippen molar-refractivity contribution in [1.82, 2.24) is 15.5 Å². The number of hydrogen-bond donors (Lipinski definition) is 4. The molecule has 3 amide bonds. The molecule has 0 saturated carbocycles. The van der Waals surface area contributed by atoms with Gasteiger partial charge in [0.15, 0.2) is 5.78 Å². The highest BCUT2D eigenvalue weighted by Crippen LogP contribution is 2.55. The van der Waals surface area contributed by atoms with Crippen LogP contribution in [0.1, 0.15) is 81.5 Å². The fourth-order valence-electron chi connectivity index (χ4n) is 8.12. The number of amides is 3. The molecule has 7 rings (SSSR count). The number of phenols is 2. The zero-order valence-corrected chi connectivity index (χ0v) is 28.5. The molecular formula is C37H41N3O11. The van der Waals surface area contributed by atoms with Gasteiger partial charge in [0.05, 0.1) is 61.2 Å². The van der Waals surface area contributed by atoms with Crippen molar-refractivity contribution in [2.24, 2.45) is 5.41 Å². The molecule has 2 aromatic rings. The summed E-state index contributed by atoms with van der Waals surface area (Å²) in [6.07, 6.45) is 3.52. The number of nitrogens with one attached hydrogen (secondary N) is 2. The van der Waals surface area contributed by atoms with Gasteiger partial charge in [0.2, 0.25) is 11.7 Å². The van der Waals surface area contributed by atoms with E-state index in [1.54, 1.807) is 19.1 Å². The molecule has 5 unspecified atom stereocenters. The first-order valence-electron chi connectivity index (χ1n) is 17.3.